The molecule has 1 atom stereocenters. The molecule has 2 aromatic rings. The molecule has 1 aliphatic rings. The Hall–Kier alpha value is -2.30. The highest BCUT2D eigenvalue weighted by atomic mass is 16.2. The lowest BCUT2D eigenvalue weighted by atomic mass is 10.00. The Morgan fingerprint density at radius 2 is 2.12 bits per heavy atom. The molecule has 1 fully saturated rings. The highest BCUT2D eigenvalue weighted by molar-refractivity contribution is 5.74. The molecule has 24 heavy (non-hydrogen) atoms. The van der Waals surface area contributed by atoms with Crippen molar-refractivity contribution >= 4 is 6.03 Å². The first kappa shape index (κ1) is 16.6. The van der Waals surface area contributed by atoms with Gasteiger partial charge in [-0.05, 0) is 37.7 Å². The van der Waals surface area contributed by atoms with Gasteiger partial charge in [-0.25, -0.2) is 9.78 Å². The Balaban J connectivity index is 1.47. The number of urea groups is 1. The molecule has 1 saturated heterocycles. The van der Waals surface area contributed by atoms with Crippen molar-refractivity contribution in [2.24, 2.45) is 0 Å². The summed E-state index contributed by atoms with van der Waals surface area (Å²) in [7, 11) is 0. The van der Waals surface area contributed by atoms with Crippen molar-refractivity contribution in [1.82, 2.24) is 19.8 Å². The summed E-state index contributed by atoms with van der Waals surface area (Å²) in [4.78, 5) is 18.7. The number of hydrogen-bond donors (Lipinski definition) is 1. The van der Waals surface area contributed by atoms with Gasteiger partial charge in [-0.3, -0.25) is 0 Å². The Morgan fingerprint density at radius 3 is 2.92 bits per heavy atom. The van der Waals surface area contributed by atoms with E-state index < -0.39 is 0 Å². The van der Waals surface area contributed by atoms with E-state index in [1.54, 1.807) is 6.20 Å². The standard InChI is InChI=1S/C19H26N4O/c24-19(21-11-9-17-6-2-1-3-7-17)23-13-5-4-8-18(23)10-14-22-15-12-20-16-22/h1-3,6-7,12,15-16,18H,4-5,8-11,13-14H2,(H,21,24)/t18-/m1/s1. The summed E-state index contributed by atoms with van der Waals surface area (Å²) in [5, 5.41) is 3.09. The Kier molecular flexibility index (Phi) is 5.88. The van der Waals surface area contributed by atoms with E-state index in [-0.39, 0.29) is 6.03 Å². The van der Waals surface area contributed by atoms with Crippen LogP contribution in [-0.2, 0) is 13.0 Å². The van der Waals surface area contributed by atoms with Crippen molar-refractivity contribution in [3.05, 3.63) is 54.6 Å². The second-order valence-electron chi connectivity index (χ2n) is 6.40. The van der Waals surface area contributed by atoms with Crippen LogP contribution in [0.2, 0.25) is 0 Å². The molecule has 0 radical (unpaired) electrons. The number of imidazole rings is 1. The third-order valence-corrected chi connectivity index (χ3v) is 4.70. The molecular formula is C19H26N4O. The van der Waals surface area contributed by atoms with Gasteiger partial charge >= 0.3 is 6.03 Å². The van der Waals surface area contributed by atoms with E-state index in [4.69, 9.17) is 0 Å². The Bertz CT molecular complexity index is 612. The first-order valence-electron chi connectivity index (χ1n) is 8.87. The molecule has 0 unspecified atom stereocenters. The molecule has 1 aromatic carbocycles. The smallest absolute Gasteiger partial charge is 0.317 e. The number of nitrogens with one attached hydrogen (secondary N) is 1. The molecule has 0 spiro atoms. The first-order chi connectivity index (χ1) is 11.8. The summed E-state index contributed by atoms with van der Waals surface area (Å²) in [5.74, 6) is 0. The van der Waals surface area contributed by atoms with Gasteiger partial charge in [0, 0.05) is 38.1 Å². The van der Waals surface area contributed by atoms with Crippen LogP contribution in [0.5, 0.6) is 0 Å². The predicted molar refractivity (Wildman–Crippen MR) is 94.7 cm³/mol. The lowest BCUT2D eigenvalue weighted by molar-refractivity contribution is 0.144. The zero-order valence-electron chi connectivity index (χ0n) is 14.1. The van der Waals surface area contributed by atoms with E-state index in [2.05, 4.69) is 27.0 Å². The number of carbonyl (C=O) groups is 1. The summed E-state index contributed by atoms with van der Waals surface area (Å²) in [6, 6.07) is 10.7. The minimum Gasteiger partial charge on any atom is -0.338 e. The third-order valence-electron chi connectivity index (χ3n) is 4.70. The summed E-state index contributed by atoms with van der Waals surface area (Å²) < 4.78 is 2.08. The maximum Gasteiger partial charge on any atom is 0.317 e. The second-order valence-corrected chi connectivity index (χ2v) is 6.40. The van der Waals surface area contributed by atoms with Crippen LogP contribution in [0.1, 0.15) is 31.2 Å². The number of likely N-dealkylation sites (tertiary alicyclic amines) is 1. The van der Waals surface area contributed by atoms with Crippen molar-refractivity contribution in [3.8, 4) is 0 Å². The van der Waals surface area contributed by atoms with Crippen LogP contribution in [0, 0.1) is 0 Å². The van der Waals surface area contributed by atoms with Crippen LogP contribution >= 0.6 is 0 Å². The maximum atomic E-state index is 12.6. The van der Waals surface area contributed by atoms with E-state index >= 15 is 0 Å². The van der Waals surface area contributed by atoms with E-state index in [0.29, 0.717) is 12.6 Å². The van der Waals surface area contributed by atoms with Crippen molar-refractivity contribution in [2.75, 3.05) is 13.1 Å². The fourth-order valence-electron chi connectivity index (χ4n) is 3.35. The summed E-state index contributed by atoms with van der Waals surface area (Å²) in [6.45, 7) is 2.47. The van der Waals surface area contributed by atoms with E-state index in [1.165, 1.54) is 12.0 Å². The van der Waals surface area contributed by atoms with Gasteiger partial charge in [-0.1, -0.05) is 30.3 Å². The molecule has 0 saturated carbocycles. The summed E-state index contributed by atoms with van der Waals surface area (Å²) >= 11 is 0. The molecule has 1 aromatic heterocycles. The lowest BCUT2D eigenvalue weighted by Gasteiger charge is -2.36. The van der Waals surface area contributed by atoms with Gasteiger partial charge in [0.05, 0.1) is 6.33 Å². The number of aryl methyl sites for hydroxylation is 1. The van der Waals surface area contributed by atoms with Crippen LogP contribution < -0.4 is 5.32 Å². The number of aromatic nitrogens is 2. The quantitative estimate of drug-likeness (QED) is 0.887. The predicted octanol–water partition coefficient (Wildman–Crippen LogP) is 3.08. The van der Waals surface area contributed by atoms with Crippen LogP contribution in [0.15, 0.2) is 49.1 Å². The number of rotatable bonds is 6. The van der Waals surface area contributed by atoms with Crippen molar-refractivity contribution < 1.29 is 4.79 Å². The molecule has 1 aliphatic heterocycles. The van der Waals surface area contributed by atoms with Gasteiger partial charge in [0.2, 0.25) is 0 Å². The SMILES string of the molecule is O=C(NCCc1ccccc1)N1CCCC[C@@H]1CCn1ccnc1. The Morgan fingerprint density at radius 1 is 1.25 bits per heavy atom. The summed E-state index contributed by atoms with van der Waals surface area (Å²) in [6.07, 6.45) is 10.9. The highest BCUT2D eigenvalue weighted by Crippen LogP contribution is 2.20. The number of piperidine rings is 1. The maximum absolute atomic E-state index is 12.6. The van der Waals surface area contributed by atoms with Crippen molar-refractivity contribution in [1.29, 1.82) is 0 Å². The molecule has 0 aliphatic carbocycles. The normalized spacial score (nSPS) is 17.7. The molecule has 5 heteroatoms. The monoisotopic (exact) mass is 326 g/mol. The molecule has 3 rings (SSSR count). The van der Waals surface area contributed by atoms with Crippen LogP contribution in [-0.4, -0.2) is 39.6 Å². The van der Waals surface area contributed by atoms with Gasteiger partial charge < -0.3 is 14.8 Å². The van der Waals surface area contributed by atoms with Crippen LogP contribution in [0.4, 0.5) is 4.79 Å². The topological polar surface area (TPSA) is 50.2 Å². The van der Waals surface area contributed by atoms with Crippen molar-refractivity contribution in [2.45, 2.75) is 44.7 Å². The van der Waals surface area contributed by atoms with Gasteiger partial charge in [-0.15, -0.1) is 0 Å². The Labute approximate surface area is 143 Å². The average Bonchev–Trinajstić information content (AvgIpc) is 3.14. The van der Waals surface area contributed by atoms with Gasteiger partial charge in [0.1, 0.15) is 0 Å². The van der Waals surface area contributed by atoms with Gasteiger partial charge in [0.25, 0.3) is 0 Å². The fraction of sp³-hybridized carbons (Fsp3) is 0.474. The van der Waals surface area contributed by atoms with E-state index in [9.17, 15) is 4.79 Å². The molecule has 1 N–H and O–H groups in total. The van der Waals surface area contributed by atoms with Gasteiger partial charge in [-0.2, -0.15) is 0 Å². The molecule has 2 amide bonds. The minimum absolute atomic E-state index is 0.0845. The zero-order valence-corrected chi connectivity index (χ0v) is 14.1. The second kappa shape index (κ2) is 8.52. The molecule has 2 heterocycles. The first-order valence-corrected chi connectivity index (χ1v) is 8.87. The van der Waals surface area contributed by atoms with Gasteiger partial charge in [0.15, 0.2) is 0 Å². The molecule has 0 bridgehead atoms. The third kappa shape index (κ3) is 4.60. The number of nitrogens with zero attached hydrogens (tertiary/aromatic N) is 3. The fourth-order valence-corrected chi connectivity index (χ4v) is 3.35. The number of hydrogen-bond acceptors (Lipinski definition) is 2. The van der Waals surface area contributed by atoms with E-state index in [0.717, 1.165) is 38.8 Å². The average molecular weight is 326 g/mol. The lowest BCUT2D eigenvalue weighted by Crippen LogP contribution is -2.49. The van der Waals surface area contributed by atoms with Crippen LogP contribution in [0.25, 0.3) is 0 Å². The number of benzene rings is 1. The zero-order chi connectivity index (χ0) is 16.6. The summed E-state index contributed by atoms with van der Waals surface area (Å²) in [5.41, 5.74) is 1.26. The number of amides is 2. The largest absolute Gasteiger partial charge is 0.338 e. The minimum atomic E-state index is 0.0845. The van der Waals surface area contributed by atoms with Crippen LogP contribution in [0.3, 0.4) is 0 Å². The van der Waals surface area contributed by atoms with Crippen molar-refractivity contribution in [3.63, 3.8) is 0 Å². The molecular weight excluding hydrogens is 300 g/mol. The highest BCUT2D eigenvalue weighted by Gasteiger charge is 2.26. The number of carbonyl (C=O) groups excluding carboxylic acids is 1. The molecule has 5 nitrogen and oxygen atoms in total. The molecule has 128 valence electrons. The van der Waals surface area contributed by atoms with E-state index in [1.807, 2.05) is 35.6 Å².